The zero-order chi connectivity index (χ0) is 16.3. The van der Waals surface area contributed by atoms with Crippen LogP contribution in [0.3, 0.4) is 0 Å². The Morgan fingerprint density at radius 1 is 1.32 bits per heavy atom. The highest BCUT2D eigenvalue weighted by Crippen LogP contribution is 2.17. The van der Waals surface area contributed by atoms with Crippen molar-refractivity contribution in [3.8, 4) is 0 Å². The molecule has 6 heteroatoms. The highest BCUT2D eigenvalue weighted by atomic mass is 19.2. The van der Waals surface area contributed by atoms with Crippen LogP contribution in [-0.4, -0.2) is 17.0 Å². The molecule has 22 heavy (non-hydrogen) atoms. The molecule has 0 aliphatic carbocycles. The van der Waals surface area contributed by atoms with E-state index in [-0.39, 0.29) is 23.0 Å². The molecule has 2 aromatic rings. The van der Waals surface area contributed by atoms with E-state index in [9.17, 15) is 18.4 Å². The molecule has 1 aromatic carbocycles. The average Bonchev–Trinajstić information content (AvgIpc) is 2.49. The number of halogens is 2. The summed E-state index contributed by atoms with van der Waals surface area (Å²) >= 11 is 0. The molecule has 0 aliphatic rings. The molecule has 1 N–H and O–H groups in total. The minimum atomic E-state index is -1.09. The van der Waals surface area contributed by atoms with Gasteiger partial charge in [-0.2, -0.15) is 0 Å². The zero-order valence-electron chi connectivity index (χ0n) is 12.2. The number of carbonyl (C=O) groups is 1. The van der Waals surface area contributed by atoms with Gasteiger partial charge in [0.2, 0.25) is 0 Å². The van der Waals surface area contributed by atoms with Gasteiger partial charge in [0.25, 0.3) is 11.5 Å². The number of pyridine rings is 1. The number of amides is 1. The second-order valence-electron chi connectivity index (χ2n) is 4.84. The highest BCUT2D eigenvalue weighted by Gasteiger charge is 2.16. The van der Waals surface area contributed by atoms with Crippen molar-refractivity contribution in [2.24, 2.45) is 0 Å². The van der Waals surface area contributed by atoms with Gasteiger partial charge in [-0.3, -0.25) is 9.59 Å². The predicted octanol–water partition coefficient (Wildman–Crippen LogP) is 2.61. The summed E-state index contributed by atoms with van der Waals surface area (Å²) in [5.41, 5.74) is -0.394. The van der Waals surface area contributed by atoms with Crippen molar-refractivity contribution in [3.63, 3.8) is 0 Å². The number of hydrogen-bond donors (Lipinski definition) is 1. The van der Waals surface area contributed by atoms with E-state index < -0.39 is 23.1 Å². The van der Waals surface area contributed by atoms with Crippen LogP contribution in [0.1, 0.15) is 23.8 Å². The van der Waals surface area contributed by atoms with Gasteiger partial charge in [-0.25, -0.2) is 8.78 Å². The first-order valence-corrected chi connectivity index (χ1v) is 6.91. The van der Waals surface area contributed by atoms with Gasteiger partial charge in [0.1, 0.15) is 5.69 Å². The van der Waals surface area contributed by atoms with Crippen LogP contribution in [0.15, 0.2) is 35.6 Å². The lowest BCUT2D eigenvalue weighted by molar-refractivity contribution is 0.0947. The second kappa shape index (κ2) is 6.51. The molecule has 1 heterocycles. The number of fused-ring (bicyclic) bond motifs is 1. The van der Waals surface area contributed by atoms with E-state index in [1.165, 1.54) is 16.7 Å². The molecule has 1 aromatic heterocycles. The Balaban J connectivity index is 2.70. The fraction of sp³-hybridized carbons (Fsp3) is 0.250. The van der Waals surface area contributed by atoms with Gasteiger partial charge in [0, 0.05) is 13.1 Å². The summed E-state index contributed by atoms with van der Waals surface area (Å²) in [5.74, 6) is -2.61. The predicted molar refractivity (Wildman–Crippen MR) is 80.9 cm³/mol. The van der Waals surface area contributed by atoms with Crippen LogP contribution >= 0.6 is 0 Å². The SMILES string of the molecule is C=CCNC(=O)c1cc2cc(F)c(F)cc2c(=O)n1CCC. The summed E-state index contributed by atoms with van der Waals surface area (Å²) in [7, 11) is 0. The summed E-state index contributed by atoms with van der Waals surface area (Å²) in [6, 6.07) is 3.19. The Morgan fingerprint density at radius 2 is 2.00 bits per heavy atom. The molecule has 0 spiro atoms. The lowest BCUT2D eigenvalue weighted by Gasteiger charge is -2.13. The van der Waals surface area contributed by atoms with Crippen molar-refractivity contribution in [2.45, 2.75) is 19.9 Å². The van der Waals surface area contributed by atoms with Crippen molar-refractivity contribution in [1.29, 1.82) is 0 Å². The van der Waals surface area contributed by atoms with Crippen molar-refractivity contribution >= 4 is 16.7 Å². The number of nitrogens with zero attached hydrogens (tertiary/aromatic N) is 1. The van der Waals surface area contributed by atoms with E-state index in [4.69, 9.17) is 0 Å². The fourth-order valence-electron chi connectivity index (χ4n) is 2.24. The Kier molecular flexibility index (Phi) is 4.70. The molecule has 0 saturated carbocycles. The molecule has 2 rings (SSSR count). The molecule has 0 bridgehead atoms. The van der Waals surface area contributed by atoms with Gasteiger partial charge < -0.3 is 9.88 Å². The Morgan fingerprint density at radius 3 is 2.64 bits per heavy atom. The molecule has 0 unspecified atom stereocenters. The first kappa shape index (κ1) is 15.9. The Bertz CT molecular complexity index is 797. The third kappa shape index (κ3) is 2.90. The number of benzene rings is 1. The number of aromatic nitrogens is 1. The highest BCUT2D eigenvalue weighted by molar-refractivity contribution is 5.96. The number of hydrogen-bond acceptors (Lipinski definition) is 2. The van der Waals surface area contributed by atoms with Crippen LogP contribution in [0, 0.1) is 11.6 Å². The van der Waals surface area contributed by atoms with Crippen LogP contribution in [0.2, 0.25) is 0 Å². The normalized spacial score (nSPS) is 10.7. The summed E-state index contributed by atoms with van der Waals surface area (Å²) in [4.78, 5) is 24.6. The molecule has 0 atom stereocenters. The van der Waals surface area contributed by atoms with Gasteiger partial charge in [-0.15, -0.1) is 6.58 Å². The number of rotatable bonds is 5. The molecule has 4 nitrogen and oxygen atoms in total. The second-order valence-corrected chi connectivity index (χ2v) is 4.84. The van der Waals surface area contributed by atoms with E-state index >= 15 is 0 Å². The van der Waals surface area contributed by atoms with E-state index in [1.54, 1.807) is 0 Å². The molecule has 0 fully saturated rings. The minimum absolute atomic E-state index is 0.0487. The van der Waals surface area contributed by atoms with E-state index in [0.29, 0.717) is 13.0 Å². The van der Waals surface area contributed by atoms with E-state index in [1.807, 2.05) is 6.92 Å². The number of nitrogens with one attached hydrogen (secondary N) is 1. The average molecular weight is 306 g/mol. The van der Waals surface area contributed by atoms with Crippen molar-refractivity contribution in [1.82, 2.24) is 9.88 Å². The van der Waals surface area contributed by atoms with Crippen LogP contribution in [0.5, 0.6) is 0 Å². The quantitative estimate of drug-likeness (QED) is 0.863. The standard InChI is InChI=1S/C16H16F2N2O2/c1-3-5-19-15(21)14-8-10-7-12(17)13(18)9-11(10)16(22)20(14)6-4-2/h3,7-9H,1,4-6H2,2H3,(H,19,21). The van der Waals surface area contributed by atoms with Crippen LogP contribution in [0.25, 0.3) is 10.8 Å². The Hall–Kier alpha value is -2.50. The summed E-state index contributed by atoms with van der Waals surface area (Å²) in [5, 5.41) is 2.82. The fourth-order valence-corrected chi connectivity index (χ4v) is 2.24. The summed E-state index contributed by atoms with van der Waals surface area (Å²) < 4.78 is 28.0. The maximum Gasteiger partial charge on any atom is 0.268 e. The van der Waals surface area contributed by atoms with E-state index in [0.717, 1.165) is 12.1 Å². The third-order valence-electron chi connectivity index (χ3n) is 3.24. The van der Waals surface area contributed by atoms with Gasteiger partial charge in [0.15, 0.2) is 11.6 Å². The topological polar surface area (TPSA) is 51.1 Å². The molecule has 0 radical (unpaired) electrons. The molecule has 0 aliphatic heterocycles. The number of carbonyl (C=O) groups excluding carboxylic acids is 1. The Labute approximate surface area is 126 Å². The van der Waals surface area contributed by atoms with Gasteiger partial charge in [-0.05, 0) is 30.0 Å². The maximum atomic E-state index is 13.4. The molecule has 1 amide bonds. The largest absolute Gasteiger partial charge is 0.347 e. The smallest absolute Gasteiger partial charge is 0.268 e. The van der Waals surface area contributed by atoms with Crippen molar-refractivity contribution in [2.75, 3.05) is 6.54 Å². The van der Waals surface area contributed by atoms with Gasteiger partial charge in [-0.1, -0.05) is 13.0 Å². The van der Waals surface area contributed by atoms with Gasteiger partial charge in [0.05, 0.1) is 5.39 Å². The van der Waals surface area contributed by atoms with Crippen LogP contribution < -0.4 is 10.9 Å². The van der Waals surface area contributed by atoms with E-state index in [2.05, 4.69) is 11.9 Å². The first-order chi connectivity index (χ1) is 10.5. The molecule has 116 valence electrons. The first-order valence-electron chi connectivity index (χ1n) is 6.91. The third-order valence-corrected chi connectivity index (χ3v) is 3.24. The lowest BCUT2D eigenvalue weighted by Crippen LogP contribution is -2.32. The maximum absolute atomic E-state index is 13.4. The monoisotopic (exact) mass is 306 g/mol. The minimum Gasteiger partial charge on any atom is -0.347 e. The lowest BCUT2D eigenvalue weighted by atomic mass is 10.1. The summed E-state index contributed by atoms with van der Waals surface area (Å²) in [6.07, 6.45) is 2.13. The molecule has 0 saturated heterocycles. The van der Waals surface area contributed by atoms with Crippen molar-refractivity contribution in [3.05, 3.63) is 58.5 Å². The zero-order valence-corrected chi connectivity index (χ0v) is 12.2. The van der Waals surface area contributed by atoms with Crippen LogP contribution in [-0.2, 0) is 6.54 Å². The molecular formula is C16H16F2N2O2. The van der Waals surface area contributed by atoms with Gasteiger partial charge >= 0.3 is 0 Å². The van der Waals surface area contributed by atoms with Crippen molar-refractivity contribution < 1.29 is 13.6 Å². The van der Waals surface area contributed by atoms with Crippen LogP contribution in [0.4, 0.5) is 8.78 Å². The summed E-state index contributed by atoms with van der Waals surface area (Å²) in [6.45, 7) is 5.91. The molecular weight excluding hydrogens is 290 g/mol.